The highest BCUT2D eigenvalue weighted by atomic mass is 16.4. The van der Waals surface area contributed by atoms with Crippen molar-refractivity contribution in [2.75, 3.05) is 0 Å². The van der Waals surface area contributed by atoms with Crippen molar-refractivity contribution < 1.29 is 19.4 Å². The van der Waals surface area contributed by atoms with E-state index in [-0.39, 0.29) is 16.7 Å². The number of aromatic hydroxyl groups is 1. The fraction of sp³-hybridized carbons (Fsp3) is 0.0588. The Labute approximate surface area is 125 Å². The van der Waals surface area contributed by atoms with Gasteiger partial charge in [0.1, 0.15) is 11.3 Å². The molecule has 0 saturated carbocycles. The van der Waals surface area contributed by atoms with Gasteiger partial charge in [-0.25, -0.2) is 4.79 Å². The van der Waals surface area contributed by atoms with Gasteiger partial charge in [0, 0.05) is 18.1 Å². The van der Waals surface area contributed by atoms with Crippen LogP contribution in [0.4, 0.5) is 0 Å². The van der Waals surface area contributed by atoms with E-state index in [0.29, 0.717) is 23.0 Å². The monoisotopic (exact) mass is 296 g/mol. The van der Waals surface area contributed by atoms with Crippen LogP contribution >= 0.6 is 0 Å². The highest BCUT2D eigenvalue weighted by Crippen LogP contribution is 2.18. The lowest BCUT2D eigenvalue weighted by molar-refractivity contribution is 0.0697. The number of carboxylic acids is 1. The van der Waals surface area contributed by atoms with Crippen molar-refractivity contribution in [3.63, 3.8) is 0 Å². The third kappa shape index (κ3) is 2.56. The van der Waals surface area contributed by atoms with Gasteiger partial charge in [0.25, 0.3) is 0 Å². The first-order valence-electron chi connectivity index (χ1n) is 6.60. The zero-order valence-electron chi connectivity index (χ0n) is 11.4. The second-order valence-corrected chi connectivity index (χ2v) is 4.95. The first-order chi connectivity index (χ1) is 10.5. The number of rotatable bonds is 3. The molecule has 0 bridgehead atoms. The van der Waals surface area contributed by atoms with E-state index in [0.717, 1.165) is 5.56 Å². The van der Waals surface area contributed by atoms with E-state index in [1.165, 1.54) is 36.6 Å². The van der Waals surface area contributed by atoms with Crippen LogP contribution in [0.1, 0.15) is 21.5 Å². The molecule has 0 aliphatic heterocycles. The quantitative estimate of drug-likeness (QED) is 0.776. The second-order valence-electron chi connectivity index (χ2n) is 4.95. The summed E-state index contributed by atoms with van der Waals surface area (Å²) >= 11 is 0. The molecule has 2 N–H and O–H groups in total. The van der Waals surface area contributed by atoms with Gasteiger partial charge >= 0.3 is 5.97 Å². The minimum atomic E-state index is -0.989. The van der Waals surface area contributed by atoms with E-state index in [9.17, 15) is 14.7 Å². The number of benzene rings is 2. The maximum atomic E-state index is 12.4. The summed E-state index contributed by atoms with van der Waals surface area (Å²) in [4.78, 5) is 23.2. The number of aromatic carboxylic acids is 1. The maximum absolute atomic E-state index is 12.4. The summed E-state index contributed by atoms with van der Waals surface area (Å²) < 4.78 is 5.38. The van der Waals surface area contributed by atoms with Crippen LogP contribution in [0.5, 0.6) is 5.75 Å². The molecule has 0 saturated heterocycles. The Hall–Kier alpha value is -3.08. The van der Waals surface area contributed by atoms with Gasteiger partial charge in [-0.3, -0.25) is 4.79 Å². The smallest absolute Gasteiger partial charge is 0.335 e. The third-order valence-corrected chi connectivity index (χ3v) is 3.43. The van der Waals surface area contributed by atoms with E-state index >= 15 is 0 Å². The predicted octanol–water partition coefficient (Wildman–Crippen LogP) is 2.79. The molecule has 3 rings (SSSR count). The molecule has 0 unspecified atom stereocenters. The maximum Gasteiger partial charge on any atom is 0.335 e. The standard InChI is InChI=1S/C17H12O5/c18-13-5-6-14-15(8-13)22-9-12(16(14)19)7-10-1-3-11(4-2-10)17(20)21/h1-6,8-9,18H,7H2,(H,20,21). The third-order valence-electron chi connectivity index (χ3n) is 3.43. The number of fused-ring (bicyclic) bond motifs is 1. The topological polar surface area (TPSA) is 87.7 Å². The molecule has 3 aromatic rings. The van der Waals surface area contributed by atoms with Crippen molar-refractivity contribution in [1.29, 1.82) is 0 Å². The minimum absolute atomic E-state index is 0.0349. The molecule has 0 radical (unpaired) electrons. The molecule has 5 nitrogen and oxygen atoms in total. The molecule has 0 fully saturated rings. The van der Waals surface area contributed by atoms with Crippen LogP contribution in [0.3, 0.4) is 0 Å². The zero-order valence-corrected chi connectivity index (χ0v) is 11.4. The average molecular weight is 296 g/mol. The van der Waals surface area contributed by atoms with Gasteiger partial charge in [0.15, 0.2) is 5.43 Å². The largest absolute Gasteiger partial charge is 0.508 e. The Balaban J connectivity index is 1.97. The van der Waals surface area contributed by atoms with Gasteiger partial charge in [-0.2, -0.15) is 0 Å². The van der Waals surface area contributed by atoms with Crippen molar-refractivity contribution in [2.45, 2.75) is 6.42 Å². The molecule has 2 aromatic carbocycles. The van der Waals surface area contributed by atoms with Gasteiger partial charge in [-0.15, -0.1) is 0 Å². The molecule has 0 atom stereocenters. The fourth-order valence-corrected chi connectivity index (χ4v) is 2.26. The number of phenolic OH excluding ortho intramolecular Hbond substituents is 1. The lowest BCUT2D eigenvalue weighted by Gasteiger charge is -2.04. The Bertz CT molecular complexity index is 906. The van der Waals surface area contributed by atoms with Crippen molar-refractivity contribution in [3.8, 4) is 5.75 Å². The van der Waals surface area contributed by atoms with Gasteiger partial charge in [-0.05, 0) is 29.8 Å². The Morgan fingerprint density at radius 1 is 1.09 bits per heavy atom. The highest BCUT2D eigenvalue weighted by molar-refractivity contribution is 5.87. The van der Waals surface area contributed by atoms with E-state index < -0.39 is 5.97 Å². The van der Waals surface area contributed by atoms with Crippen LogP contribution < -0.4 is 5.43 Å². The van der Waals surface area contributed by atoms with E-state index in [1.54, 1.807) is 12.1 Å². The van der Waals surface area contributed by atoms with Crippen molar-refractivity contribution in [1.82, 2.24) is 0 Å². The number of carboxylic acid groups (broad SMARTS) is 1. The molecule has 0 aliphatic rings. The fourth-order valence-electron chi connectivity index (χ4n) is 2.26. The van der Waals surface area contributed by atoms with Gasteiger partial charge < -0.3 is 14.6 Å². The van der Waals surface area contributed by atoms with Crippen LogP contribution in [0, 0.1) is 0 Å². The highest BCUT2D eigenvalue weighted by Gasteiger charge is 2.09. The SMILES string of the molecule is O=C(O)c1ccc(Cc2coc3cc(O)ccc3c2=O)cc1. The predicted molar refractivity (Wildman–Crippen MR) is 80.4 cm³/mol. The molecule has 22 heavy (non-hydrogen) atoms. The molecular formula is C17H12O5. The minimum Gasteiger partial charge on any atom is -0.508 e. The molecule has 1 aromatic heterocycles. The summed E-state index contributed by atoms with van der Waals surface area (Å²) in [5.41, 5.74) is 1.65. The van der Waals surface area contributed by atoms with Gasteiger partial charge in [0.05, 0.1) is 17.2 Å². The van der Waals surface area contributed by atoms with Crippen molar-refractivity contribution >= 4 is 16.9 Å². The van der Waals surface area contributed by atoms with E-state index in [4.69, 9.17) is 9.52 Å². The Kier molecular flexibility index (Phi) is 3.39. The van der Waals surface area contributed by atoms with E-state index in [2.05, 4.69) is 0 Å². The average Bonchev–Trinajstić information content (AvgIpc) is 2.50. The molecule has 0 aliphatic carbocycles. The molecule has 5 heteroatoms. The van der Waals surface area contributed by atoms with Crippen LogP contribution in [0.15, 0.2) is 57.9 Å². The zero-order chi connectivity index (χ0) is 15.7. The number of hydrogen-bond acceptors (Lipinski definition) is 4. The van der Waals surface area contributed by atoms with Gasteiger partial charge in [-0.1, -0.05) is 12.1 Å². The molecule has 1 heterocycles. The summed E-state index contributed by atoms with van der Waals surface area (Å²) in [7, 11) is 0. The summed E-state index contributed by atoms with van der Waals surface area (Å²) in [6.45, 7) is 0. The van der Waals surface area contributed by atoms with Crippen LogP contribution in [0.25, 0.3) is 11.0 Å². The summed E-state index contributed by atoms with van der Waals surface area (Å²) in [6, 6.07) is 10.7. The molecule has 110 valence electrons. The van der Waals surface area contributed by atoms with Crippen LogP contribution in [-0.2, 0) is 6.42 Å². The summed E-state index contributed by atoms with van der Waals surface area (Å²) in [6.07, 6.45) is 1.72. The molecule has 0 amide bonds. The van der Waals surface area contributed by atoms with Crippen LogP contribution in [0.2, 0.25) is 0 Å². The Morgan fingerprint density at radius 2 is 1.82 bits per heavy atom. The summed E-state index contributed by atoms with van der Waals surface area (Å²) in [5.74, 6) is -0.954. The lowest BCUT2D eigenvalue weighted by atomic mass is 10.0. The van der Waals surface area contributed by atoms with Crippen molar-refractivity contribution in [2.24, 2.45) is 0 Å². The number of carbonyl (C=O) groups is 1. The van der Waals surface area contributed by atoms with Crippen LogP contribution in [-0.4, -0.2) is 16.2 Å². The molecule has 0 spiro atoms. The second kappa shape index (κ2) is 5.37. The normalized spacial score (nSPS) is 10.7. The Morgan fingerprint density at radius 3 is 2.50 bits per heavy atom. The first-order valence-corrected chi connectivity index (χ1v) is 6.60. The van der Waals surface area contributed by atoms with Crippen molar-refractivity contribution in [3.05, 3.63) is 75.6 Å². The number of hydrogen-bond donors (Lipinski definition) is 2. The lowest BCUT2D eigenvalue weighted by Crippen LogP contribution is -2.09. The summed E-state index contributed by atoms with van der Waals surface area (Å²) in [5, 5.41) is 18.7. The molecular weight excluding hydrogens is 284 g/mol. The van der Waals surface area contributed by atoms with E-state index in [1.807, 2.05) is 0 Å². The number of phenols is 1. The first kappa shape index (κ1) is 13.9. The van der Waals surface area contributed by atoms with Gasteiger partial charge in [0.2, 0.25) is 0 Å².